The fourth-order valence-corrected chi connectivity index (χ4v) is 5.01. The molecular formula is C21H19NO5. The zero-order valence-corrected chi connectivity index (χ0v) is 15.4. The first-order valence-corrected chi connectivity index (χ1v) is 8.92. The lowest BCUT2D eigenvalue weighted by Crippen LogP contribution is -2.37. The Hall–Kier alpha value is -3.02. The molecule has 27 heavy (non-hydrogen) atoms. The number of methoxy groups -OCH3 is 3. The summed E-state index contributed by atoms with van der Waals surface area (Å²) >= 11 is 0. The first kappa shape index (κ1) is 16.2. The van der Waals surface area contributed by atoms with Crippen molar-refractivity contribution >= 4 is 11.7 Å². The molecule has 6 heteroatoms. The fourth-order valence-electron chi connectivity index (χ4n) is 5.01. The minimum atomic E-state index is -0.483. The van der Waals surface area contributed by atoms with Crippen LogP contribution in [0.1, 0.15) is 28.7 Å². The molecule has 2 heterocycles. The van der Waals surface area contributed by atoms with Gasteiger partial charge in [-0.25, -0.2) is 0 Å². The number of ether oxygens (including phenoxy) is 3. The van der Waals surface area contributed by atoms with Gasteiger partial charge in [-0.05, 0) is 23.1 Å². The lowest BCUT2D eigenvalue weighted by Gasteiger charge is -2.40. The largest absolute Gasteiger partial charge is 0.492 e. The predicted molar refractivity (Wildman–Crippen MR) is 97.4 cm³/mol. The molecule has 1 fully saturated rings. The summed E-state index contributed by atoms with van der Waals surface area (Å²) in [6.07, 6.45) is 0.607. The Bertz CT molecular complexity index is 1010. The molecule has 2 aromatic rings. The summed E-state index contributed by atoms with van der Waals surface area (Å²) in [6.45, 7) is 0.492. The summed E-state index contributed by atoms with van der Waals surface area (Å²) in [7, 11) is 4.79. The lowest BCUT2D eigenvalue weighted by atomic mass is 9.71. The molecule has 0 saturated carbocycles. The van der Waals surface area contributed by atoms with Gasteiger partial charge in [0.15, 0.2) is 11.5 Å². The maximum atomic E-state index is 12.9. The second-order valence-corrected chi connectivity index (χ2v) is 6.99. The summed E-state index contributed by atoms with van der Waals surface area (Å²) in [5.74, 6) is 0.534. The van der Waals surface area contributed by atoms with Gasteiger partial charge < -0.3 is 19.1 Å². The first-order chi connectivity index (χ1) is 13.1. The third-order valence-corrected chi connectivity index (χ3v) is 5.99. The van der Waals surface area contributed by atoms with Crippen LogP contribution in [0.2, 0.25) is 0 Å². The van der Waals surface area contributed by atoms with E-state index < -0.39 is 11.8 Å². The van der Waals surface area contributed by atoms with Crippen LogP contribution in [-0.2, 0) is 16.0 Å². The molecule has 5 rings (SSSR count). The molecule has 0 spiro atoms. The van der Waals surface area contributed by atoms with Crippen LogP contribution in [0.5, 0.6) is 17.2 Å². The minimum absolute atomic E-state index is 0.313. The van der Waals surface area contributed by atoms with E-state index in [2.05, 4.69) is 0 Å². The number of fused-ring (bicyclic) bond motifs is 3. The first-order valence-electron chi connectivity index (χ1n) is 8.92. The van der Waals surface area contributed by atoms with Crippen LogP contribution in [0.25, 0.3) is 11.1 Å². The maximum Gasteiger partial charge on any atom is 0.291 e. The van der Waals surface area contributed by atoms with Crippen molar-refractivity contribution in [3.05, 3.63) is 41.0 Å². The van der Waals surface area contributed by atoms with Crippen LogP contribution in [0, 0.1) is 0 Å². The normalized spacial score (nSPS) is 21.7. The molecule has 138 valence electrons. The molecule has 1 amide bonds. The van der Waals surface area contributed by atoms with Crippen molar-refractivity contribution in [2.24, 2.45) is 0 Å². The Labute approximate surface area is 156 Å². The fraction of sp³-hybridized carbons (Fsp3) is 0.333. The number of nitrogens with zero attached hydrogens (tertiary/aromatic N) is 1. The van der Waals surface area contributed by atoms with Gasteiger partial charge in [-0.2, -0.15) is 0 Å². The van der Waals surface area contributed by atoms with E-state index in [9.17, 15) is 9.59 Å². The molecular weight excluding hydrogens is 346 g/mol. The van der Waals surface area contributed by atoms with Crippen molar-refractivity contribution in [2.45, 2.75) is 18.4 Å². The Morgan fingerprint density at radius 2 is 1.67 bits per heavy atom. The van der Waals surface area contributed by atoms with Gasteiger partial charge in [0.2, 0.25) is 11.5 Å². The quantitative estimate of drug-likeness (QED) is 0.782. The minimum Gasteiger partial charge on any atom is -0.492 e. The van der Waals surface area contributed by atoms with Crippen molar-refractivity contribution in [2.75, 3.05) is 27.9 Å². The number of Topliss-reactive ketones (excluding diaryl/α,β-unsaturated/α-hetero) is 1. The van der Waals surface area contributed by atoms with E-state index in [1.54, 1.807) is 26.2 Å². The molecule has 3 aliphatic rings. The third kappa shape index (κ3) is 1.80. The van der Waals surface area contributed by atoms with Gasteiger partial charge in [0.1, 0.15) is 0 Å². The van der Waals surface area contributed by atoms with Gasteiger partial charge in [0.25, 0.3) is 5.91 Å². The molecule has 0 aromatic heterocycles. The molecule has 2 atom stereocenters. The molecule has 1 aliphatic carbocycles. The predicted octanol–water partition coefficient (Wildman–Crippen LogP) is 2.49. The van der Waals surface area contributed by atoms with Crippen LogP contribution in [0.3, 0.4) is 0 Å². The van der Waals surface area contributed by atoms with Crippen LogP contribution in [0.15, 0.2) is 24.3 Å². The van der Waals surface area contributed by atoms with E-state index in [1.165, 1.54) is 0 Å². The number of ketones is 1. The van der Waals surface area contributed by atoms with Crippen LogP contribution in [-0.4, -0.2) is 44.5 Å². The molecule has 0 radical (unpaired) electrons. The van der Waals surface area contributed by atoms with E-state index >= 15 is 0 Å². The monoisotopic (exact) mass is 365 g/mol. The standard InChI is InChI=1S/C21H19NO5/c1-25-18-12-8-9-22-16-13(12)14(19(26-2)20(18)27-3)10-6-4-5-7-11(10)15(16)17(23)21(22)24/h4-7,15-16H,8-9H2,1-3H3. The second-order valence-electron chi connectivity index (χ2n) is 6.99. The number of amides is 1. The van der Waals surface area contributed by atoms with E-state index in [0.717, 1.165) is 27.8 Å². The Kier molecular flexibility index (Phi) is 3.29. The van der Waals surface area contributed by atoms with Crippen LogP contribution >= 0.6 is 0 Å². The summed E-state index contributed by atoms with van der Waals surface area (Å²) in [5, 5.41) is 0. The van der Waals surface area contributed by atoms with E-state index in [0.29, 0.717) is 30.2 Å². The van der Waals surface area contributed by atoms with Crippen LogP contribution in [0.4, 0.5) is 0 Å². The third-order valence-electron chi connectivity index (χ3n) is 5.99. The SMILES string of the molecule is COc1c2c3c(c(OC)c1OC)-c1ccccc1C1C(=O)C(=O)N(CC2)C31. The van der Waals surface area contributed by atoms with Crippen molar-refractivity contribution in [3.8, 4) is 28.4 Å². The molecule has 0 N–H and O–H groups in total. The average molecular weight is 365 g/mol. The summed E-state index contributed by atoms with van der Waals surface area (Å²) in [5.41, 5.74) is 4.63. The highest BCUT2D eigenvalue weighted by atomic mass is 16.5. The number of carbonyl (C=O) groups excluding carboxylic acids is 2. The van der Waals surface area contributed by atoms with Gasteiger partial charge in [-0.15, -0.1) is 0 Å². The van der Waals surface area contributed by atoms with Gasteiger partial charge >= 0.3 is 0 Å². The van der Waals surface area contributed by atoms with Gasteiger partial charge in [-0.1, -0.05) is 24.3 Å². The molecule has 1 saturated heterocycles. The van der Waals surface area contributed by atoms with Crippen molar-refractivity contribution < 1.29 is 23.8 Å². The van der Waals surface area contributed by atoms with E-state index in [-0.39, 0.29) is 11.8 Å². The number of hydrogen-bond donors (Lipinski definition) is 0. The highest BCUT2D eigenvalue weighted by Gasteiger charge is 2.55. The average Bonchev–Trinajstić information content (AvgIpc) is 2.97. The summed E-state index contributed by atoms with van der Waals surface area (Å²) in [4.78, 5) is 27.2. The van der Waals surface area contributed by atoms with Crippen molar-refractivity contribution in [3.63, 3.8) is 0 Å². The number of hydrogen-bond acceptors (Lipinski definition) is 5. The Balaban J connectivity index is 1.96. The Morgan fingerprint density at radius 1 is 0.963 bits per heavy atom. The van der Waals surface area contributed by atoms with Crippen molar-refractivity contribution in [1.82, 2.24) is 4.90 Å². The highest BCUT2D eigenvalue weighted by Crippen LogP contribution is 2.61. The van der Waals surface area contributed by atoms with Gasteiger partial charge in [-0.3, -0.25) is 9.59 Å². The maximum absolute atomic E-state index is 12.9. The second kappa shape index (κ2) is 5.49. The Morgan fingerprint density at radius 3 is 2.37 bits per heavy atom. The number of carbonyl (C=O) groups is 2. The molecule has 0 bridgehead atoms. The number of benzene rings is 2. The topological polar surface area (TPSA) is 65.1 Å². The molecule has 2 aliphatic heterocycles. The zero-order valence-electron chi connectivity index (χ0n) is 15.4. The number of rotatable bonds is 3. The molecule has 2 aromatic carbocycles. The highest BCUT2D eigenvalue weighted by molar-refractivity contribution is 6.41. The zero-order chi connectivity index (χ0) is 18.9. The van der Waals surface area contributed by atoms with Crippen molar-refractivity contribution in [1.29, 1.82) is 0 Å². The van der Waals surface area contributed by atoms with Gasteiger partial charge in [0.05, 0.1) is 33.3 Å². The van der Waals surface area contributed by atoms with Gasteiger partial charge in [0, 0.05) is 17.7 Å². The van der Waals surface area contributed by atoms with E-state index in [1.807, 2.05) is 24.3 Å². The van der Waals surface area contributed by atoms with Crippen LogP contribution < -0.4 is 14.2 Å². The molecule has 6 nitrogen and oxygen atoms in total. The smallest absolute Gasteiger partial charge is 0.291 e. The summed E-state index contributed by atoms with van der Waals surface area (Å²) < 4.78 is 17.1. The van der Waals surface area contributed by atoms with E-state index in [4.69, 9.17) is 14.2 Å². The summed E-state index contributed by atoms with van der Waals surface area (Å²) in [6, 6.07) is 7.43. The molecule has 2 unspecified atom stereocenters. The lowest BCUT2D eigenvalue weighted by molar-refractivity contribution is -0.140.